The van der Waals surface area contributed by atoms with Crippen molar-refractivity contribution in [2.75, 3.05) is 33.7 Å². The molecule has 0 aliphatic carbocycles. The van der Waals surface area contributed by atoms with Crippen molar-refractivity contribution >= 4 is 11.9 Å². The van der Waals surface area contributed by atoms with Crippen molar-refractivity contribution < 1.29 is 14.7 Å². The van der Waals surface area contributed by atoms with Crippen LogP contribution in [0.3, 0.4) is 0 Å². The van der Waals surface area contributed by atoms with Crippen LogP contribution in [0.15, 0.2) is 0 Å². The normalized spacial score (nSPS) is 21.4. The highest BCUT2D eigenvalue weighted by Gasteiger charge is 2.36. The maximum Gasteiger partial charge on any atom is 0.308 e. The van der Waals surface area contributed by atoms with E-state index in [1.165, 1.54) is 0 Å². The average Bonchev–Trinajstić information content (AvgIpc) is 2.44. The number of nitrogens with zero attached hydrogens (tertiary/aromatic N) is 2. The van der Waals surface area contributed by atoms with E-state index in [-0.39, 0.29) is 17.7 Å². The summed E-state index contributed by atoms with van der Waals surface area (Å²) < 4.78 is 0. The molecule has 0 bridgehead atoms. The summed E-state index contributed by atoms with van der Waals surface area (Å²) >= 11 is 0. The summed E-state index contributed by atoms with van der Waals surface area (Å²) in [5.74, 6) is -1.44. The standard InChI is InChI=1S/C12H22N2O3/c1-12(2,7-13(3)4)8-14-6-9(11(16)17)5-10(14)15/h9H,5-8H2,1-4H3,(H,16,17). The number of hydrogen-bond donors (Lipinski definition) is 1. The quantitative estimate of drug-likeness (QED) is 0.763. The summed E-state index contributed by atoms with van der Waals surface area (Å²) in [4.78, 5) is 26.3. The Kier molecular flexibility index (Phi) is 4.14. The van der Waals surface area contributed by atoms with Gasteiger partial charge in [-0.25, -0.2) is 0 Å². The van der Waals surface area contributed by atoms with E-state index in [1.54, 1.807) is 4.90 Å². The van der Waals surface area contributed by atoms with Gasteiger partial charge < -0.3 is 14.9 Å². The number of carboxylic acids is 1. The lowest BCUT2D eigenvalue weighted by Gasteiger charge is -2.32. The fourth-order valence-corrected chi connectivity index (χ4v) is 2.51. The summed E-state index contributed by atoms with van der Waals surface area (Å²) in [6.45, 7) is 6.02. The molecule has 1 aliphatic heterocycles. The zero-order valence-electron chi connectivity index (χ0n) is 11.1. The maximum atomic E-state index is 11.7. The van der Waals surface area contributed by atoms with Crippen LogP contribution in [-0.2, 0) is 9.59 Å². The molecule has 1 saturated heterocycles. The van der Waals surface area contributed by atoms with E-state index in [9.17, 15) is 9.59 Å². The molecule has 0 aromatic carbocycles. The number of carbonyl (C=O) groups is 2. The molecule has 5 nitrogen and oxygen atoms in total. The van der Waals surface area contributed by atoms with Crippen molar-refractivity contribution in [2.24, 2.45) is 11.3 Å². The predicted octanol–water partition coefficient (Wildman–Crippen LogP) is 0.507. The molecule has 5 heteroatoms. The third kappa shape index (κ3) is 4.00. The van der Waals surface area contributed by atoms with Crippen molar-refractivity contribution in [3.05, 3.63) is 0 Å². The lowest BCUT2D eigenvalue weighted by molar-refractivity contribution is -0.141. The molecule has 17 heavy (non-hydrogen) atoms. The molecule has 1 heterocycles. The Balaban J connectivity index is 2.58. The SMILES string of the molecule is CN(C)CC(C)(C)CN1CC(C(=O)O)CC1=O. The van der Waals surface area contributed by atoms with Gasteiger partial charge >= 0.3 is 5.97 Å². The van der Waals surface area contributed by atoms with Crippen LogP contribution in [0.25, 0.3) is 0 Å². The number of likely N-dealkylation sites (tertiary alicyclic amines) is 1. The van der Waals surface area contributed by atoms with Crippen LogP contribution >= 0.6 is 0 Å². The van der Waals surface area contributed by atoms with E-state index in [0.29, 0.717) is 13.1 Å². The third-order valence-corrected chi connectivity index (χ3v) is 2.93. The lowest BCUT2D eigenvalue weighted by atomic mass is 9.92. The molecule has 0 spiro atoms. The second-order valence-electron chi connectivity index (χ2n) is 5.92. The van der Waals surface area contributed by atoms with Crippen molar-refractivity contribution in [3.8, 4) is 0 Å². The van der Waals surface area contributed by atoms with Crippen LogP contribution in [0, 0.1) is 11.3 Å². The van der Waals surface area contributed by atoms with Gasteiger partial charge in [0.05, 0.1) is 5.92 Å². The summed E-state index contributed by atoms with van der Waals surface area (Å²) in [6, 6.07) is 0. The van der Waals surface area contributed by atoms with Gasteiger partial charge in [0.1, 0.15) is 0 Å². The molecule has 1 fully saturated rings. The Bertz CT molecular complexity index is 313. The van der Waals surface area contributed by atoms with Gasteiger partial charge in [0.25, 0.3) is 0 Å². The summed E-state index contributed by atoms with van der Waals surface area (Å²) in [5, 5.41) is 8.91. The third-order valence-electron chi connectivity index (χ3n) is 2.93. The van der Waals surface area contributed by atoms with Gasteiger partial charge in [-0.05, 0) is 19.5 Å². The van der Waals surface area contributed by atoms with E-state index < -0.39 is 11.9 Å². The molecule has 98 valence electrons. The highest BCUT2D eigenvalue weighted by molar-refractivity contribution is 5.86. The fraction of sp³-hybridized carbons (Fsp3) is 0.833. The number of carboxylic acid groups (broad SMARTS) is 1. The van der Waals surface area contributed by atoms with Crippen LogP contribution in [0.5, 0.6) is 0 Å². The van der Waals surface area contributed by atoms with E-state index >= 15 is 0 Å². The highest BCUT2D eigenvalue weighted by Crippen LogP contribution is 2.24. The smallest absolute Gasteiger partial charge is 0.308 e. The zero-order valence-corrected chi connectivity index (χ0v) is 11.1. The molecule has 1 atom stereocenters. The maximum absolute atomic E-state index is 11.7. The topological polar surface area (TPSA) is 60.9 Å². The van der Waals surface area contributed by atoms with Crippen molar-refractivity contribution in [2.45, 2.75) is 20.3 Å². The minimum Gasteiger partial charge on any atom is -0.481 e. The highest BCUT2D eigenvalue weighted by atomic mass is 16.4. The van der Waals surface area contributed by atoms with Crippen LogP contribution in [0.4, 0.5) is 0 Å². The summed E-state index contributed by atoms with van der Waals surface area (Å²) in [7, 11) is 3.99. The summed E-state index contributed by atoms with van der Waals surface area (Å²) in [6.07, 6.45) is 0.146. The van der Waals surface area contributed by atoms with Gasteiger partial charge in [0.2, 0.25) is 5.91 Å². The van der Waals surface area contributed by atoms with Gasteiger partial charge in [-0.2, -0.15) is 0 Å². The molecule has 0 aromatic rings. The second kappa shape index (κ2) is 5.04. The zero-order chi connectivity index (χ0) is 13.2. The number of carbonyl (C=O) groups excluding carboxylic acids is 1. The molecule has 1 N–H and O–H groups in total. The largest absolute Gasteiger partial charge is 0.481 e. The average molecular weight is 242 g/mol. The Hall–Kier alpha value is -1.10. The van der Waals surface area contributed by atoms with E-state index in [2.05, 4.69) is 18.7 Å². The van der Waals surface area contributed by atoms with Crippen LogP contribution in [0.1, 0.15) is 20.3 Å². The lowest BCUT2D eigenvalue weighted by Crippen LogP contribution is -2.41. The predicted molar refractivity (Wildman–Crippen MR) is 64.7 cm³/mol. The number of amides is 1. The monoisotopic (exact) mass is 242 g/mol. The van der Waals surface area contributed by atoms with Gasteiger partial charge in [-0.3, -0.25) is 9.59 Å². The first-order valence-electron chi connectivity index (χ1n) is 5.86. The Morgan fingerprint density at radius 1 is 1.53 bits per heavy atom. The molecule has 0 aromatic heterocycles. The number of aliphatic carboxylic acids is 1. The number of rotatable bonds is 5. The molecule has 1 unspecified atom stereocenters. The van der Waals surface area contributed by atoms with Crippen molar-refractivity contribution in [1.29, 1.82) is 0 Å². The molecular weight excluding hydrogens is 220 g/mol. The van der Waals surface area contributed by atoms with Gasteiger partial charge in [0.15, 0.2) is 0 Å². The number of hydrogen-bond acceptors (Lipinski definition) is 3. The summed E-state index contributed by atoms with van der Waals surface area (Å²) in [5.41, 5.74) is -0.0213. The molecule has 1 aliphatic rings. The fourth-order valence-electron chi connectivity index (χ4n) is 2.51. The van der Waals surface area contributed by atoms with E-state index in [4.69, 9.17) is 5.11 Å². The van der Waals surface area contributed by atoms with Gasteiger partial charge in [-0.1, -0.05) is 13.8 Å². The van der Waals surface area contributed by atoms with Crippen molar-refractivity contribution in [1.82, 2.24) is 9.80 Å². The Morgan fingerprint density at radius 2 is 2.12 bits per heavy atom. The molecule has 1 amide bonds. The van der Waals surface area contributed by atoms with Gasteiger partial charge in [-0.15, -0.1) is 0 Å². The van der Waals surface area contributed by atoms with Crippen molar-refractivity contribution in [3.63, 3.8) is 0 Å². The molecule has 0 radical (unpaired) electrons. The first-order valence-corrected chi connectivity index (χ1v) is 5.86. The van der Waals surface area contributed by atoms with Gasteiger partial charge in [0, 0.05) is 26.1 Å². The van der Waals surface area contributed by atoms with Crippen LogP contribution < -0.4 is 0 Å². The Morgan fingerprint density at radius 3 is 2.53 bits per heavy atom. The van der Waals surface area contributed by atoms with E-state index in [1.807, 2.05) is 14.1 Å². The second-order valence-corrected chi connectivity index (χ2v) is 5.92. The van der Waals surface area contributed by atoms with E-state index in [0.717, 1.165) is 6.54 Å². The van der Waals surface area contributed by atoms with Crippen LogP contribution in [-0.4, -0.2) is 60.5 Å². The van der Waals surface area contributed by atoms with Crippen LogP contribution in [0.2, 0.25) is 0 Å². The Labute approximate surface area is 102 Å². The molecule has 1 rings (SSSR count). The first-order chi connectivity index (χ1) is 7.71. The minimum atomic E-state index is -0.869. The molecular formula is C12H22N2O3. The first kappa shape index (κ1) is 14.0. The minimum absolute atomic E-state index is 0.0213. The molecule has 0 saturated carbocycles.